The lowest BCUT2D eigenvalue weighted by molar-refractivity contribution is -0.136. The second kappa shape index (κ2) is 7.27. The van der Waals surface area contributed by atoms with Gasteiger partial charge in [-0.3, -0.25) is 4.79 Å². The number of carbonyl (C=O) groups is 1. The number of piperidine rings is 1. The van der Waals surface area contributed by atoms with Gasteiger partial charge in [-0.2, -0.15) is 4.80 Å². The highest BCUT2D eigenvalue weighted by Gasteiger charge is 2.29. The first-order valence-corrected chi connectivity index (χ1v) is 8.56. The van der Waals surface area contributed by atoms with E-state index in [1.54, 1.807) is 12.1 Å². The molecular formula is C16H21ClN6O. The van der Waals surface area contributed by atoms with Crippen LogP contribution in [0.1, 0.15) is 32.2 Å². The topological polar surface area (TPSA) is 89.9 Å². The van der Waals surface area contributed by atoms with Crippen molar-refractivity contribution in [3.05, 3.63) is 29.3 Å². The molecule has 2 aromatic rings. The van der Waals surface area contributed by atoms with Gasteiger partial charge in [0.05, 0.1) is 0 Å². The van der Waals surface area contributed by atoms with E-state index < -0.39 is 6.04 Å². The lowest BCUT2D eigenvalue weighted by Crippen LogP contribution is -2.45. The van der Waals surface area contributed by atoms with Crippen molar-refractivity contribution in [2.45, 2.75) is 38.3 Å². The lowest BCUT2D eigenvalue weighted by atomic mass is 10.0. The Labute approximate surface area is 145 Å². The summed E-state index contributed by atoms with van der Waals surface area (Å²) < 4.78 is 0. The molecule has 1 aromatic heterocycles. The molecule has 24 heavy (non-hydrogen) atoms. The number of rotatable bonds is 4. The summed E-state index contributed by atoms with van der Waals surface area (Å²) in [6.45, 7) is 3.33. The Morgan fingerprint density at radius 3 is 2.62 bits per heavy atom. The summed E-state index contributed by atoms with van der Waals surface area (Å²) >= 11 is 5.89. The quantitative estimate of drug-likeness (QED) is 0.911. The van der Waals surface area contributed by atoms with Gasteiger partial charge in [-0.25, -0.2) is 0 Å². The van der Waals surface area contributed by atoms with Crippen molar-refractivity contribution < 1.29 is 4.79 Å². The largest absolute Gasteiger partial charge is 0.341 e. The predicted molar refractivity (Wildman–Crippen MR) is 91.4 cm³/mol. The SMILES string of the molecule is CCC(C(=O)N1CCC(N)CC1)n1nnc(-c2ccc(Cl)cc2)n1. The van der Waals surface area contributed by atoms with Crippen molar-refractivity contribution in [1.29, 1.82) is 0 Å². The van der Waals surface area contributed by atoms with Gasteiger partial charge in [0.15, 0.2) is 6.04 Å². The van der Waals surface area contributed by atoms with E-state index in [9.17, 15) is 4.79 Å². The third-order valence-corrected chi connectivity index (χ3v) is 4.58. The van der Waals surface area contributed by atoms with Gasteiger partial charge in [0.1, 0.15) is 0 Å². The van der Waals surface area contributed by atoms with Crippen LogP contribution in [-0.2, 0) is 4.79 Å². The second-order valence-electron chi connectivity index (χ2n) is 6.03. The van der Waals surface area contributed by atoms with E-state index in [2.05, 4.69) is 15.4 Å². The first-order valence-electron chi connectivity index (χ1n) is 8.18. The highest BCUT2D eigenvalue weighted by molar-refractivity contribution is 6.30. The number of tetrazole rings is 1. The molecule has 0 aliphatic carbocycles. The molecule has 1 unspecified atom stereocenters. The molecule has 3 rings (SSSR count). The first kappa shape index (κ1) is 16.9. The van der Waals surface area contributed by atoms with Gasteiger partial charge >= 0.3 is 0 Å². The number of hydrogen-bond donors (Lipinski definition) is 1. The molecule has 1 aliphatic heterocycles. The van der Waals surface area contributed by atoms with Gasteiger partial charge < -0.3 is 10.6 Å². The van der Waals surface area contributed by atoms with Crippen LogP contribution >= 0.6 is 11.6 Å². The molecule has 1 aromatic carbocycles. The standard InChI is InChI=1S/C16H21ClN6O/c1-2-14(16(24)22-9-7-13(18)8-10-22)23-20-15(19-21-23)11-3-5-12(17)6-4-11/h3-6,13-14H,2,7-10,18H2,1H3. The van der Waals surface area contributed by atoms with Crippen molar-refractivity contribution in [3.63, 3.8) is 0 Å². The van der Waals surface area contributed by atoms with E-state index in [1.807, 2.05) is 24.0 Å². The third kappa shape index (κ3) is 3.57. The van der Waals surface area contributed by atoms with Crippen LogP contribution in [0.25, 0.3) is 11.4 Å². The zero-order valence-electron chi connectivity index (χ0n) is 13.6. The zero-order chi connectivity index (χ0) is 17.1. The van der Waals surface area contributed by atoms with E-state index in [4.69, 9.17) is 17.3 Å². The number of nitrogens with two attached hydrogens (primary N) is 1. The van der Waals surface area contributed by atoms with Gasteiger partial charge in [0, 0.05) is 29.7 Å². The molecule has 128 valence electrons. The summed E-state index contributed by atoms with van der Waals surface area (Å²) in [6, 6.07) is 6.97. The molecule has 1 aliphatic rings. The van der Waals surface area contributed by atoms with Crippen LogP contribution < -0.4 is 5.73 Å². The highest BCUT2D eigenvalue weighted by atomic mass is 35.5. The second-order valence-corrected chi connectivity index (χ2v) is 6.46. The molecule has 7 nitrogen and oxygen atoms in total. The first-order chi connectivity index (χ1) is 11.6. The molecule has 1 saturated heterocycles. The lowest BCUT2D eigenvalue weighted by Gasteiger charge is -2.32. The smallest absolute Gasteiger partial charge is 0.249 e. The summed E-state index contributed by atoms with van der Waals surface area (Å²) in [4.78, 5) is 16.0. The normalized spacial score (nSPS) is 17.0. The minimum atomic E-state index is -0.437. The molecular weight excluding hydrogens is 328 g/mol. The van der Waals surface area contributed by atoms with Crippen LogP contribution in [0.5, 0.6) is 0 Å². The van der Waals surface area contributed by atoms with Crippen LogP contribution in [0.2, 0.25) is 5.02 Å². The van der Waals surface area contributed by atoms with E-state index >= 15 is 0 Å². The van der Waals surface area contributed by atoms with Crippen LogP contribution in [0.4, 0.5) is 0 Å². The molecule has 1 amide bonds. The van der Waals surface area contributed by atoms with Gasteiger partial charge in [-0.15, -0.1) is 10.2 Å². The molecule has 0 spiro atoms. The Bertz CT molecular complexity index is 693. The average Bonchev–Trinajstić information content (AvgIpc) is 3.06. The molecule has 0 bridgehead atoms. The highest BCUT2D eigenvalue weighted by Crippen LogP contribution is 2.20. The van der Waals surface area contributed by atoms with Crippen molar-refractivity contribution >= 4 is 17.5 Å². The van der Waals surface area contributed by atoms with Gasteiger partial charge in [-0.1, -0.05) is 18.5 Å². The van der Waals surface area contributed by atoms with E-state index in [-0.39, 0.29) is 11.9 Å². The number of carbonyl (C=O) groups excluding carboxylic acids is 1. The fraction of sp³-hybridized carbons (Fsp3) is 0.500. The minimum absolute atomic E-state index is 0.0319. The summed E-state index contributed by atoms with van der Waals surface area (Å²) in [7, 11) is 0. The monoisotopic (exact) mass is 348 g/mol. The Hall–Kier alpha value is -1.99. The molecule has 1 atom stereocenters. The van der Waals surface area contributed by atoms with Crippen molar-refractivity contribution in [3.8, 4) is 11.4 Å². The minimum Gasteiger partial charge on any atom is -0.341 e. The average molecular weight is 349 g/mol. The summed E-state index contributed by atoms with van der Waals surface area (Å²) in [5, 5.41) is 13.2. The van der Waals surface area contributed by atoms with Gasteiger partial charge in [-0.05, 0) is 48.7 Å². The Morgan fingerprint density at radius 2 is 2.00 bits per heavy atom. The molecule has 2 N–H and O–H groups in total. The number of amides is 1. The number of benzene rings is 1. The van der Waals surface area contributed by atoms with E-state index in [0.717, 1.165) is 18.4 Å². The Kier molecular flexibility index (Phi) is 5.11. The molecule has 1 fully saturated rings. The predicted octanol–water partition coefficient (Wildman–Crippen LogP) is 1.89. The van der Waals surface area contributed by atoms with Gasteiger partial charge in [0.2, 0.25) is 11.7 Å². The van der Waals surface area contributed by atoms with Crippen LogP contribution in [0.3, 0.4) is 0 Å². The number of likely N-dealkylation sites (tertiary alicyclic amines) is 1. The summed E-state index contributed by atoms with van der Waals surface area (Å²) in [5.74, 6) is 0.517. The van der Waals surface area contributed by atoms with Crippen molar-refractivity contribution in [1.82, 2.24) is 25.1 Å². The number of aromatic nitrogens is 4. The Morgan fingerprint density at radius 1 is 1.33 bits per heavy atom. The maximum atomic E-state index is 12.8. The third-order valence-electron chi connectivity index (χ3n) is 4.33. The molecule has 0 radical (unpaired) electrons. The maximum absolute atomic E-state index is 12.8. The fourth-order valence-electron chi connectivity index (χ4n) is 2.84. The summed E-state index contributed by atoms with van der Waals surface area (Å²) in [5.41, 5.74) is 6.72. The molecule has 0 saturated carbocycles. The molecule has 2 heterocycles. The number of hydrogen-bond acceptors (Lipinski definition) is 5. The van der Waals surface area contributed by atoms with E-state index in [1.165, 1.54) is 4.80 Å². The fourth-order valence-corrected chi connectivity index (χ4v) is 2.96. The zero-order valence-corrected chi connectivity index (χ0v) is 14.4. The summed E-state index contributed by atoms with van der Waals surface area (Å²) in [6.07, 6.45) is 2.28. The molecule has 8 heteroatoms. The van der Waals surface area contributed by atoms with Crippen LogP contribution in [-0.4, -0.2) is 50.1 Å². The van der Waals surface area contributed by atoms with Gasteiger partial charge in [0.25, 0.3) is 0 Å². The van der Waals surface area contributed by atoms with Crippen molar-refractivity contribution in [2.24, 2.45) is 5.73 Å². The van der Waals surface area contributed by atoms with E-state index in [0.29, 0.717) is 30.4 Å². The number of halogens is 1. The maximum Gasteiger partial charge on any atom is 0.249 e. The Balaban J connectivity index is 1.76. The number of nitrogens with zero attached hydrogens (tertiary/aromatic N) is 5. The van der Waals surface area contributed by atoms with Crippen molar-refractivity contribution in [2.75, 3.05) is 13.1 Å². The van der Waals surface area contributed by atoms with Crippen LogP contribution in [0.15, 0.2) is 24.3 Å². The van der Waals surface area contributed by atoms with Crippen LogP contribution in [0, 0.1) is 0 Å².